The maximum atomic E-state index is 13.0. The number of nitrogens with one attached hydrogen (secondary N) is 2. The lowest BCUT2D eigenvalue weighted by atomic mass is 9.87. The molecule has 0 aliphatic carbocycles. The molecule has 2 heterocycles. The molecule has 4 amide bonds. The zero-order chi connectivity index (χ0) is 23.0. The number of hydrogen-bond acceptors (Lipinski definition) is 4. The highest BCUT2D eigenvalue weighted by atomic mass is 35.5. The second-order valence-electron chi connectivity index (χ2n) is 6.69. The van der Waals surface area contributed by atoms with Gasteiger partial charge in [-0.15, -0.1) is 0 Å². The Bertz CT molecular complexity index is 1050. The van der Waals surface area contributed by atoms with Crippen molar-refractivity contribution in [2.24, 2.45) is 0 Å². The number of imide groups is 1. The topological polar surface area (TPSA) is 91.4 Å². The fourth-order valence-electron chi connectivity index (χ4n) is 3.14. The van der Waals surface area contributed by atoms with Crippen molar-refractivity contribution in [3.8, 4) is 0 Å². The molecule has 1 unspecified atom stereocenters. The summed E-state index contributed by atoms with van der Waals surface area (Å²) in [6, 6.07) is 6.16. The van der Waals surface area contributed by atoms with Gasteiger partial charge >= 0.3 is 12.2 Å². The summed E-state index contributed by atoms with van der Waals surface area (Å²) in [6.45, 7) is 1.02. The Morgan fingerprint density at radius 1 is 1.23 bits per heavy atom. The zero-order valence-electron chi connectivity index (χ0n) is 15.9. The molecule has 2 aromatic rings. The third kappa shape index (κ3) is 4.45. The van der Waals surface area contributed by atoms with Crippen molar-refractivity contribution >= 4 is 46.9 Å². The van der Waals surface area contributed by atoms with Crippen molar-refractivity contribution in [3.05, 3.63) is 57.7 Å². The van der Waals surface area contributed by atoms with Crippen LogP contribution in [-0.2, 0) is 21.3 Å². The van der Waals surface area contributed by atoms with Crippen molar-refractivity contribution in [1.82, 2.24) is 15.2 Å². The first-order valence-electron chi connectivity index (χ1n) is 8.90. The summed E-state index contributed by atoms with van der Waals surface area (Å²) in [5.74, 6) is -1.84. The van der Waals surface area contributed by atoms with Gasteiger partial charge in [0.25, 0.3) is 5.91 Å². The van der Waals surface area contributed by atoms with E-state index in [0.717, 1.165) is 0 Å². The van der Waals surface area contributed by atoms with E-state index in [1.54, 1.807) is 31.2 Å². The molecule has 12 heteroatoms. The molecule has 1 fully saturated rings. The SMILES string of the molecule is CCC1(c2ccc(Cl)cc2)NC(=O)N(CC(=O)Nc2ncc(C(F)(F)F)cc2Cl)C1=O. The summed E-state index contributed by atoms with van der Waals surface area (Å²) in [5.41, 5.74) is -1.96. The number of amides is 4. The summed E-state index contributed by atoms with van der Waals surface area (Å²) in [7, 11) is 0. The Morgan fingerprint density at radius 2 is 1.87 bits per heavy atom. The van der Waals surface area contributed by atoms with Gasteiger partial charge in [-0.3, -0.25) is 14.5 Å². The number of pyridine rings is 1. The van der Waals surface area contributed by atoms with Gasteiger partial charge < -0.3 is 10.6 Å². The molecule has 1 aliphatic rings. The maximum Gasteiger partial charge on any atom is 0.417 e. The molecule has 1 saturated heterocycles. The monoisotopic (exact) mass is 474 g/mol. The van der Waals surface area contributed by atoms with Crippen molar-refractivity contribution in [1.29, 1.82) is 0 Å². The van der Waals surface area contributed by atoms with Crippen LogP contribution >= 0.6 is 23.2 Å². The van der Waals surface area contributed by atoms with Gasteiger partial charge in [0, 0.05) is 11.2 Å². The number of alkyl halides is 3. The summed E-state index contributed by atoms with van der Waals surface area (Å²) < 4.78 is 38.1. The van der Waals surface area contributed by atoms with Crippen LogP contribution < -0.4 is 10.6 Å². The van der Waals surface area contributed by atoms with Crippen LogP contribution in [0.1, 0.15) is 24.5 Å². The van der Waals surface area contributed by atoms with E-state index in [-0.39, 0.29) is 12.2 Å². The number of anilines is 1. The van der Waals surface area contributed by atoms with Crippen molar-refractivity contribution in [3.63, 3.8) is 0 Å². The molecule has 164 valence electrons. The lowest BCUT2D eigenvalue weighted by Crippen LogP contribution is -2.44. The fourth-order valence-corrected chi connectivity index (χ4v) is 3.48. The van der Waals surface area contributed by atoms with Gasteiger partial charge in [0.15, 0.2) is 5.82 Å². The molecule has 1 aliphatic heterocycles. The molecule has 0 bridgehead atoms. The number of carbonyl (C=O) groups is 3. The van der Waals surface area contributed by atoms with Gasteiger partial charge in [-0.2, -0.15) is 13.2 Å². The van der Waals surface area contributed by atoms with Gasteiger partial charge in [0.05, 0.1) is 10.6 Å². The first-order valence-corrected chi connectivity index (χ1v) is 9.66. The fraction of sp³-hybridized carbons (Fsp3) is 0.263. The first kappa shape index (κ1) is 22.8. The summed E-state index contributed by atoms with van der Waals surface area (Å²) >= 11 is 11.6. The highest BCUT2D eigenvalue weighted by molar-refractivity contribution is 6.33. The minimum atomic E-state index is -4.65. The number of carbonyl (C=O) groups excluding carboxylic acids is 3. The third-order valence-electron chi connectivity index (χ3n) is 4.77. The van der Waals surface area contributed by atoms with E-state index in [2.05, 4.69) is 15.6 Å². The number of benzene rings is 1. The Morgan fingerprint density at radius 3 is 2.42 bits per heavy atom. The van der Waals surface area contributed by atoms with Crippen LogP contribution in [0.4, 0.5) is 23.8 Å². The number of aromatic nitrogens is 1. The van der Waals surface area contributed by atoms with E-state index < -0.39 is 46.7 Å². The van der Waals surface area contributed by atoms with Crippen LogP contribution in [0.3, 0.4) is 0 Å². The third-order valence-corrected chi connectivity index (χ3v) is 5.31. The van der Waals surface area contributed by atoms with E-state index >= 15 is 0 Å². The molecule has 3 rings (SSSR count). The molecular weight excluding hydrogens is 460 g/mol. The standard InChI is InChI=1S/C19H15Cl2F3N4O3/c1-2-18(10-3-5-12(20)6-4-10)16(30)28(17(31)27-18)9-14(29)26-15-13(21)7-11(8-25-15)19(22,23)24/h3-8H,2,9H2,1H3,(H,27,31)(H,25,26,29). The Balaban J connectivity index is 1.77. The Labute approximate surface area is 184 Å². The highest BCUT2D eigenvalue weighted by Gasteiger charge is 2.51. The number of rotatable bonds is 5. The number of urea groups is 1. The smallest absolute Gasteiger partial charge is 0.319 e. The first-order chi connectivity index (χ1) is 14.5. The maximum absolute atomic E-state index is 13.0. The quantitative estimate of drug-likeness (QED) is 0.635. The summed E-state index contributed by atoms with van der Waals surface area (Å²) in [4.78, 5) is 42.0. The van der Waals surface area contributed by atoms with Crippen LogP contribution in [0.25, 0.3) is 0 Å². The molecule has 1 atom stereocenters. The second kappa shape index (κ2) is 8.35. The van der Waals surface area contributed by atoms with Crippen LogP contribution in [0, 0.1) is 0 Å². The molecule has 31 heavy (non-hydrogen) atoms. The molecule has 0 saturated carbocycles. The average molecular weight is 475 g/mol. The van der Waals surface area contributed by atoms with Gasteiger partial charge in [0.2, 0.25) is 5.91 Å². The van der Waals surface area contributed by atoms with Gasteiger partial charge in [-0.1, -0.05) is 42.3 Å². The Kier molecular flexibility index (Phi) is 6.15. The van der Waals surface area contributed by atoms with Crippen molar-refractivity contribution in [2.45, 2.75) is 25.1 Å². The number of halogens is 5. The largest absolute Gasteiger partial charge is 0.417 e. The Hall–Kier alpha value is -2.85. The summed E-state index contributed by atoms with van der Waals surface area (Å²) in [6.07, 6.45) is -3.92. The lowest BCUT2D eigenvalue weighted by molar-refractivity contribution is -0.137. The molecule has 7 nitrogen and oxygen atoms in total. The minimum absolute atomic E-state index is 0.212. The van der Waals surface area contributed by atoms with Gasteiger partial charge in [-0.25, -0.2) is 9.78 Å². The predicted molar refractivity (Wildman–Crippen MR) is 107 cm³/mol. The van der Waals surface area contributed by atoms with Crippen LogP contribution in [0.5, 0.6) is 0 Å². The lowest BCUT2D eigenvalue weighted by Gasteiger charge is -2.25. The number of nitrogens with zero attached hydrogens (tertiary/aromatic N) is 2. The minimum Gasteiger partial charge on any atom is -0.319 e. The summed E-state index contributed by atoms with van der Waals surface area (Å²) in [5, 5.41) is 4.82. The van der Waals surface area contributed by atoms with Crippen molar-refractivity contribution in [2.75, 3.05) is 11.9 Å². The zero-order valence-corrected chi connectivity index (χ0v) is 17.4. The normalized spacial score (nSPS) is 18.8. The van der Waals surface area contributed by atoms with Crippen LogP contribution in [0.2, 0.25) is 10.0 Å². The molecule has 0 spiro atoms. The van der Waals surface area contributed by atoms with Crippen molar-refractivity contribution < 1.29 is 27.6 Å². The molecule has 2 N–H and O–H groups in total. The van der Waals surface area contributed by atoms with Gasteiger partial charge in [-0.05, 0) is 30.2 Å². The molecule has 1 aromatic carbocycles. The molecule has 0 radical (unpaired) electrons. The van der Waals surface area contributed by atoms with E-state index in [1.807, 2.05) is 0 Å². The van der Waals surface area contributed by atoms with Crippen LogP contribution in [0.15, 0.2) is 36.5 Å². The average Bonchev–Trinajstić information content (AvgIpc) is 2.94. The second-order valence-corrected chi connectivity index (χ2v) is 7.53. The molecule has 1 aromatic heterocycles. The van der Waals surface area contributed by atoms with E-state index in [0.29, 0.717) is 27.7 Å². The van der Waals surface area contributed by atoms with E-state index in [1.165, 1.54) is 0 Å². The highest BCUT2D eigenvalue weighted by Crippen LogP contribution is 2.34. The van der Waals surface area contributed by atoms with E-state index in [4.69, 9.17) is 23.2 Å². The molecular formula is C19H15Cl2F3N4O3. The number of hydrogen-bond donors (Lipinski definition) is 2. The van der Waals surface area contributed by atoms with E-state index in [9.17, 15) is 27.6 Å². The predicted octanol–water partition coefficient (Wildman–Crippen LogP) is 4.20. The van der Waals surface area contributed by atoms with Crippen LogP contribution in [-0.4, -0.2) is 34.3 Å². The van der Waals surface area contributed by atoms with Gasteiger partial charge in [0.1, 0.15) is 12.1 Å².